The number of hydrogen-bond donors (Lipinski definition) is 4. The number of hydrogen-bond acceptors (Lipinski definition) is 6. The summed E-state index contributed by atoms with van der Waals surface area (Å²) in [6.45, 7) is 8.64. The predicted molar refractivity (Wildman–Crippen MR) is 141 cm³/mol. The lowest BCUT2D eigenvalue weighted by molar-refractivity contribution is -0.000938. The SMILES string of the molecule is Cc1c(OC[C@H]2CNCCO2)nn(-c2ccccc2)c1NC(=O)N[C@@H]1c2ccccc2C(C)(C)C[C@H]1O. The maximum absolute atomic E-state index is 13.3. The maximum atomic E-state index is 13.3. The van der Waals surface area contributed by atoms with E-state index in [1.54, 1.807) is 4.68 Å². The molecule has 9 nitrogen and oxygen atoms in total. The largest absolute Gasteiger partial charge is 0.474 e. The summed E-state index contributed by atoms with van der Waals surface area (Å²) >= 11 is 0. The first-order chi connectivity index (χ1) is 17.8. The molecule has 37 heavy (non-hydrogen) atoms. The van der Waals surface area contributed by atoms with E-state index in [2.05, 4.69) is 41.0 Å². The second-order valence-electron chi connectivity index (χ2n) is 10.4. The Kier molecular flexibility index (Phi) is 7.19. The Morgan fingerprint density at radius 3 is 2.73 bits per heavy atom. The van der Waals surface area contributed by atoms with E-state index in [9.17, 15) is 9.90 Å². The number of ether oxygens (including phenoxy) is 2. The Bertz CT molecular complexity index is 1240. The van der Waals surface area contributed by atoms with Crippen molar-refractivity contribution in [2.75, 3.05) is 31.6 Å². The van der Waals surface area contributed by atoms with E-state index in [1.165, 1.54) is 0 Å². The van der Waals surface area contributed by atoms with Crippen molar-refractivity contribution in [2.45, 2.75) is 50.9 Å². The summed E-state index contributed by atoms with van der Waals surface area (Å²) in [6.07, 6.45) is -0.225. The first-order valence-electron chi connectivity index (χ1n) is 12.8. The van der Waals surface area contributed by atoms with E-state index >= 15 is 0 Å². The van der Waals surface area contributed by atoms with Gasteiger partial charge in [0.1, 0.15) is 18.5 Å². The molecule has 1 aliphatic carbocycles. The van der Waals surface area contributed by atoms with E-state index in [4.69, 9.17) is 9.47 Å². The molecule has 196 valence electrons. The van der Waals surface area contributed by atoms with Gasteiger partial charge in [-0.25, -0.2) is 9.48 Å². The van der Waals surface area contributed by atoms with Crippen molar-refractivity contribution in [3.8, 4) is 11.6 Å². The Morgan fingerprint density at radius 1 is 1.22 bits per heavy atom. The van der Waals surface area contributed by atoms with Crippen molar-refractivity contribution in [2.24, 2.45) is 0 Å². The van der Waals surface area contributed by atoms with Crippen LogP contribution in [0.2, 0.25) is 0 Å². The van der Waals surface area contributed by atoms with Gasteiger partial charge in [-0.1, -0.05) is 56.3 Å². The van der Waals surface area contributed by atoms with Crippen LogP contribution in [0.4, 0.5) is 10.6 Å². The van der Waals surface area contributed by atoms with Gasteiger partial charge in [0.15, 0.2) is 0 Å². The number of rotatable bonds is 6. The van der Waals surface area contributed by atoms with Crippen molar-refractivity contribution in [3.05, 3.63) is 71.3 Å². The van der Waals surface area contributed by atoms with E-state index in [0.29, 0.717) is 43.4 Å². The number of nitrogens with zero attached hydrogens (tertiary/aromatic N) is 2. The fourth-order valence-corrected chi connectivity index (χ4v) is 5.22. The zero-order valence-corrected chi connectivity index (χ0v) is 21.5. The number of para-hydroxylation sites is 1. The van der Waals surface area contributed by atoms with Crippen LogP contribution in [0.3, 0.4) is 0 Å². The quantitative estimate of drug-likeness (QED) is 0.409. The van der Waals surface area contributed by atoms with Crippen LogP contribution in [-0.4, -0.2) is 59.4 Å². The number of nitrogens with one attached hydrogen (secondary N) is 3. The van der Waals surface area contributed by atoms with Gasteiger partial charge in [0, 0.05) is 13.1 Å². The van der Waals surface area contributed by atoms with Crippen molar-refractivity contribution < 1.29 is 19.4 Å². The maximum Gasteiger partial charge on any atom is 0.320 e. The molecule has 0 saturated carbocycles. The average molecular weight is 506 g/mol. The zero-order valence-electron chi connectivity index (χ0n) is 21.5. The molecule has 2 aliphatic rings. The van der Waals surface area contributed by atoms with E-state index in [0.717, 1.165) is 23.4 Å². The van der Waals surface area contributed by atoms with E-state index in [1.807, 2.05) is 55.5 Å². The first-order valence-corrected chi connectivity index (χ1v) is 12.8. The standard InChI is InChI=1S/C28H35N5O4/c1-18-25(31-27(35)30-24-21-11-7-8-12-22(21)28(2,3)15-23(24)34)33(19-9-5-4-6-10-19)32-26(18)37-17-20-16-29-13-14-36-20/h4-12,20,23-24,29,34H,13-17H2,1-3H3,(H2,30,31,35)/t20-,23-,24-/m1/s1. The molecule has 0 radical (unpaired) electrons. The molecule has 2 aromatic carbocycles. The summed E-state index contributed by atoms with van der Waals surface area (Å²) in [5.41, 5.74) is 3.37. The summed E-state index contributed by atoms with van der Waals surface area (Å²) in [6, 6.07) is 16.6. The van der Waals surface area contributed by atoms with Gasteiger partial charge in [0.2, 0.25) is 5.88 Å². The number of amides is 2. The highest BCUT2D eigenvalue weighted by molar-refractivity contribution is 5.90. The van der Waals surface area contributed by atoms with Crippen LogP contribution in [-0.2, 0) is 10.2 Å². The lowest BCUT2D eigenvalue weighted by Crippen LogP contribution is -2.45. The van der Waals surface area contributed by atoms with Gasteiger partial charge in [-0.05, 0) is 42.0 Å². The lowest BCUT2D eigenvalue weighted by Gasteiger charge is -2.40. The normalized spacial score (nSPS) is 22.6. The molecule has 1 fully saturated rings. The third kappa shape index (κ3) is 5.34. The van der Waals surface area contributed by atoms with Crippen molar-refractivity contribution in [1.82, 2.24) is 20.4 Å². The van der Waals surface area contributed by atoms with Gasteiger partial charge in [0.05, 0.1) is 30.0 Å². The first kappa shape index (κ1) is 25.3. The van der Waals surface area contributed by atoms with Crippen molar-refractivity contribution in [3.63, 3.8) is 0 Å². The number of aliphatic hydroxyl groups excluding tert-OH is 1. The van der Waals surface area contributed by atoms with Crippen LogP contribution >= 0.6 is 0 Å². The van der Waals surface area contributed by atoms with Crippen LogP contribution in [0.5, 0.6) is 5.88 Å². The molecular weight excluding hydrogens is 470 g/mol. The van der Waals surface area contributed by atoms with Crippen LogP contribution in [0.1, 0.15) is 43.0 Å². The monoisotopic (exact) mass is 505 g/mol. The van der Waals surface area contributed by atoms with Gasteiger partial charge >= 0.3 is 6.03 Å². The van der Waals surface area contributed by atoms with Gasteiger partial charge in [-0.2, -0.15) is 0 Å². The van der Waals surface area contributed by atoms with Crippen LogP contribution in [0, 0.1) is 6.92 Å². The summed E-state index contributed by atoms with van der Waals surface area (Å²) in [7, 11) is 0. The number of morpholine rings is 1. The number of carbonyl (C=O) groups excluding carboxylic acids is 1. The zero-order chi connectivity index (χ0) is 26.0. The highest BCUT2D eigenvalue weighted by atomic mass is 16.5. The van der Waals surface area contributed by atoms with Gasteiger partial charge in [0.25, 0.3) is 0 Å². The molecule has 3 atom stereocenters. The average Bonchev–Trinajstić information content (AvgIpc) is 3.21. The third-order valence-corrected chi connectivity index (χ3v) is 7.14. The summed E-state index contributed by atoms with van der Waals surface area (Å²) in [5, 5.41) is 24.9. The number of aromatic nitrogens is 2. The van der Waals surface area contributed by atoms with Crippen molar-refractivity contribution >= 4 is 11.8 Å². The smallest absolute Gasteiger partial charge is 0.320 e. The molecular formula is C28H35N5O4. The lowest BCUT2D eigenvalue weighted by atomic mass is 9.70. The second kappa shape index (κ2) is 10.5. The van der Waals surface area contributed by atoms with Crippen LogP contribution in [0.15, 0.2) is 54.6 Å². The number of carbonyl (C=O) groups is 1. The molecule has 1 aromatic heterocycles. The predicted octanol–water partition coefficient (Wildman–Crippen LogP) is 3.45. The fraction of sp³-hybridized carbons (Fsp3) is 0.429. The number of fused-ring (bicyclic) bond motifs is 1. The Hall–Kier alpha value is -3.40. The minimum atomic E-state index is -0.709. The summed E-state index contributed by atoms with van der Waals surface area (Å²) < 4.78 is 13.4. The van der Waals surface area contributed by atoms with Crippen LogP contribution < -0.4 is 20.7 Å². The molecule has 4 N–H and O–H groups in total. The number of benzene rings is 2. The van der Waals surface area contributed by atoms with Gasteiger partial charge < -0.3 is 25.2 Å². The van der Waals surface area contributed by atoms with Crippen molar-refractivity contribution in [1.29, 1.82) is 0 Å². The molecule has 1 saturated heterocycles. The van der Waals surface area contributed by atoms with E-state index < -0.39 is 18.2 Å². The third-order valence-electron chi connectivity index (χ3n) is 7.14. The number of aliphatic hydroxyl groups is 1. The minimum absolute atomic E-state index is 0.0631. The van der Waals surface area contributed by atoms with E-state index in [-0.39, 0.29) is 11.5 Å². The molecule has 5 rings (SSSR count). The molecule has 0 unspecified atom stereocenters. The summed E-state index contributed by atoms with van der Waals surface area (Å²) in [4.78, 5) is 13.3. The molecule has 1 aliphatic heterocycles. The minimum Gasteiger partial charge on any atom is -0.474 e. The Labute approximate surface area is 217 Å². The Morgan fingerprint density at radius 2 is 1.97 bits per heavy atom. The highest BCUT2D eigenvalue weighted by Crippen LogP contribution is 2.41. The summed E-state index contributed by atoms with van der Waals surface area (Å²) in [5.74, 6) is 0.929. The number of anilines is 1. The van der Waals surface area contributed by atoms with Crippen LogP contribution in [0.25, 0.3) is 5.69 Å². The fourth-order valence-electron chi connectivity index (χ4n) is 5.22. The second-order valence-corrected chi connectivity index (χ2v) is 10.4. The van der Waals surface area contributed by atoms with Gasteiger partial charge in [-0.3, -0.25) is 5.32 Å². The topological polar surface area (TPSA) is 110 Å². The molecule has 9 heteroatoms. The highest BCUT2D eigenvalue weighted by Gasteiger charge is 2.39. The molecule has 2 amide bonds. The molecule has 0 spiro atoms. The molecule has 0 bridgehead atoms. The number of urea groups is 1. The Balaban J connectivity index is 1.38. The molecule has 3 aromatic rings. The van der Waals surface area contributed by atoms with Gasteiger partial charge in [-0.15, -0.1) is 5.10 Å². The molecule has 2 heterocycles.